The maximum atomic E-state index is 6.28. The second-order valence-corrected chi connectivity index (χ2v) is 7.40. The largest absolute Gasteiger partial charge is 0.486 e. The van der Waals surface area contributed by atoms with Gasteiger partial charge in [0.2, 0.25) is 5.89 Å². The van der Waals surface area contributed by atoms with Crippen molar-refractivity contribution in [2.45, 2.75) is 24.8 Å². The number of aromatic nitrogens is 2. The van der Waals surface area contributed by atoms with Crippen LogP contribution in [0.15, 0.2) is 40.0 Å². The normalized spacial score (nSPS) is 13.0. The summed E-state index contributed by atoms with van der Waals surface area (Å²) in [4.78, 5) is 0. The molecule has 0 unspecified atom stereocenters. The molecule has 26 heavy (non-hydrogen) atoms. The molecule has 0 N–H and O–H groups in total. The van der Waals surface area contributed by atoms with Gasteiger partial charge in [0.05, 0.1) is 5.02 Å². The first kappa shape index (κ1) is 17.2. The average molecular weight is 389 g/mol. The number of thioether (sulfide) groups is 1. The predicted octanol–water partition coefficient (Wildman–Crippen LogP) is 5.07. The van der Waals surface area contributed by atoms with Gasteiger partial charge in [0.25, 0.3) is 5.22 Å². The minimum atomic E-state index is 0.518. The van der Waals surface area contributed by atoms with E-state index in [9.17, 15) is 0 Å². The second-order valence-electron chi connectivity index (χ2n) is 6.06. The van der Waals surface area contributed by atoms with Crippen LogP contribution in [0.4, 0.5) is 0 Å². The minimum absolute atomic E-state index is 0.518. The molecule has 2 aromatic carbocycles. The third kappa shape index (κ3) is 3.52. The number of benzene rings is 2. The molecule has 0 amide bonds. The highest BCUT2D eigenvalue weighted by Gasteiger charge is 2.17. The lowest BCUT2D eigenvalue weighted by Crippen LogP contribution is -2.15. The van der Waals surface area contributed by atoms with E-state index < -0.39 is 0 Å². The van der Waals surface area contributed by atoms with Gasteiger partial charge in [-0.15, -0.1) is 10.2 Å². The maximum absolute atomic E-state index is 6.28. The number of aryl methyl sites for hydroxylation is 2. The Morgan fingerprint density at radius 2 is 1.88 bits per heavy atom. The number of fused-ring (bicyclic) bond motifs is 1. The van der Waals surface area contributed by atoms with Crippen LogP contribution in [0.1, 0.15) is 16.7 Å². The fourth-order valence-corrected chi connectivity index (χ4v) is 3.63. The third-order valence-corrected chi connectivity index (χ3v) is 5.35. The first-order valence-corrected chi connectivity index (χ1v) is 9.58. The number of rotatable bonds is 4. The van der Waals surface area contributed by atoms with Gasteiger partial charge in [0.15, 0.2) is 11.5 Å². The van der Waals surface area contributed by atoms with Crippen molar-refractivity contribution < 1.29 is 13.9 Å². The molecule has 0 atom stereocenters. The van der Waals surface area contributed by atoms with Gasteiger partial charge in [-0.1, -0.05) is 29.4 Å². The minimum Gasteiger partial charge on any atom is -0.486 e. The lowest BCUT2D eigenvalue weighted by Gasteiger charge is -2.20. The molecule has 0 spiro atoms. The van der Waals surface area contributed by atoms with Gasteiger partial charge in [-0.25, -0.2) is 0 Å². The van der Waals surface area contributed by atoms with Crippen molar-refractivity contribution in [3.63, 3.8) is 0 Å². The Labute approximate surface area is 160 Å². The number of hydrogen-bond donors (Lipinski definition) is 0. The summed E-state index contributed by atoms with van der Waals surface area (Å²) in [6.07, 6.45) is 0. The van der Waals surface area contributed by atoms with E-state index in [-0.39, 0.29) is 0 Å². The molecule has 1 aliphatic heterocycles. The molecule has 0 saturated carbocycles. The van der Waals surface area contributed by atoms with Gasteiger partial charge < -0.3 is 13.9 Å². The summed E-state index contributed by atoms with van der Waals surface area (Å²) >= 11 is 7.74. The number of nitrogens with zero attached hydrogens (tertiary/aromatic N) is 2. The topological polar surface area (TPSA) is 57.4 Å². The molecule has 0 saturated heterocycles. The number of hydrogen-bond acceptors (Lipinski definition) is 6. The van der Waals surface area contributed by atoms with Gasteiger partial charge in [0.1, 0.15) is 13.2 Å². The third-order valence-electron chi connectivity index (χ3n) is 4.18. The summed E-state index contributed by atoms with van der Waals surface area (Å²) in [5, 5.41) is 9.35. The van der Waals surface area contributed by atoms with Crippen LogP contribution < -0.4 is 9.47 Å². The average Bonchev–Trinajstić information content (AvgIpc) is 3.11. The molecule has 0 fully saturated rings. The van der Waals surface area contributed by atoms with Crippen LogP contribution in [-0.4, -0.2) is 23.4 Å². The summed E-state index contributed by atoms with van der Waals surface area (Å²) in [6, 6.07) is 9.91. The zero-order valence-corrected chi connectivity index (χ0v) is 16.0. The molecule has 7 heteroatoms. The highest BCUT2D eigenvalue weighted by molar-refractivity contribution is 7.98. The number of halogens is 1. The zero-order chi connectivity index (χ0) is 18.1. The van der Waals surface area contributed by atoms with Crippen molar-refractivity contribution in [2.75, 3.05) is 13.2 Å². The van der Waals surface area contributed by atoms with Crippen molar-refractivity contribution in [1.82, 2.24) is 10.2 Å². The molecule has 0 aliphatic carbocycles. The first-order valence-electron chi connectivity index (χ1n) is 8.22. The van der Waals surface area contributed by atoms with E-state index in [0.717, 1.165) is 11.1 Å². The quantitative estimate of drug-likeness (QED) is 0.581. The van der Waals surface area contributed by atoms with Crippen LogP contribution >= 0.6 is 23.4 Å². The Hall–Kier alpha value is -2.18. The number of ether oxygens (including phenoxy) is 2. The fraction of sp³-hybridized carbons (Fsp3) is 0.263. The highest BCUT2D eigenvalue weighted by atomic mass is 35.5. The van der Waals surface area contributed by atoms with Gasteiger partial charge in [-0.05, 0) is 54.8 Å². The molecule has 4 rings (SSSR count). The van der Waals surface area contributed by atoms with Gasteiger partial charge in [-0.3, -0.25) is 0 Å². The SMILES string of the molecule is Cc1ccc(-c2nnc(SCc3cc(Cl)c4c(c3)OCCO4)o2)cc1C. The maximum Gasteiger partial charge on any atom is 0.277 e. The predicted molar refractivity (Wildman–Crippen MR) is 101 cm³/mol. The van der Waals surface area contributed by atoms with Crippen LogP contribution in [0.5, 0.6) is 11.5 Å². The standard InChI is InChI=1S/C19H17ClN2O3S/c1-11-3-4-14(7-12(11)2)18-21-22-19(25-18)26-10-13-8-15(20)17-16(9-13)23-5-6-24-17/h3-4,7-9H,5-6,10H2,1-2H3. The highest BCUT2D eigenvalue weighted by Crippen LogP contribution is 2.39. The van der Waals surface area contributed by atoms with E-state index in [1.165, 1.54) is 22.9 Å². The Morgan fingerprint density at radius 3 is 2.73 bits per heavy atom. The summed E-state index contributed by atoms with van der Waals surface area (Å²) in [6.45, 7) is 5.19. The van der Waals surface area contributed by atoms with E-state index in [2.05, 4.69) is 36.2 Å². The van der Waals surface area contributed by atoms with E-state index in [4.69, 9.17) is 25.5 Å². The van der Waals surface area contributed by atoms with Gasteiger partial charge in [-0.2, -0.15) is 0 Å². The lowest BCUT2D eigenvalue weighted by molar-refractivity contribution is 0.171. The van der Waals surface area contributed by atoms with Crippen molar-refractivity contribution in [2.24, 2.45) is 0 Å². The second kappa shape index (κ2) is 7.21. The van der Waals surface area contributed by atoms with Crippen LogP contribution in [0.25, 0.3) is 11.5 Å². The molecule has 1 aromatic heterocycles. The zero-order valence-electron chi connectivity index (χ0n) is 14.4. The molecular weight excluding hydrogens is 372 g/mol. The van der Waals surface area contributed by atoms with Crippen molar-refractivity contribution in [3.8, 4) is 23.0 Å². The molecule has 2 heterocycles. The van der Waals surface area contributed by atoms with Gasteiger partial charge >= 0.3 is 0 Å². The monoisotopic (exact) mass is 388 g/mol. The summed E-state index contributed by atoms with van der Waals surface area (Å²) < 4.78 is 16.9. The lowest BCUT2D eigenvalue weighted by atomic mass is 10.1. The van der Waals surface area contributed by atoms with E-state index in [0.29, 0.717) is 46.6 Å². The molecule has 5 nitrogen and oxygen atoms in total. The van der Waals surface area contributed by atoms with E-state index in [1.807, 2.05) is 18.2 Å². The Bertz CT molecular complexity index is 958. The van der Waals surface area contributed by atoms with E-state index in [1.54, 1.807) is 0 Å². The Balaban J connectivity index is 1.48. The summed E-state index contributed by atoms with van der Waals surface area (Å²) in [5.74, 6) is 2.46. The molecule has 0 bridgehead atoms. The van der Waals surface area contributed by atoms with Crippen molar-refractivity contribution in [3.05, 3.63) is 52.0 Å². The molecule has 3 aromatic rings. The summed E-state index contributed by atoms with van der Waals surface area (Å²) in [5.41, 5.74) is 4.36. The fourth-order valence-electron chi connectivity index (χ4n) is 2.65. The van der Waals surface area contributed by atoms with Crippen LogP contribution in [-0.2, 0) is 5.75 Å². The molecule has 0 radical (unpaired) electrons. The van der Waals surface area contributed by atoms with Crippen LogP contribution in [0.2, 0.25) is 5.02 Å². The van der Waals surface area contributed by atoms with Crippen LogP contribution in [0.3, 0.4) is 0 Å². The van der Waals surface area contributed by atoms with Gasteiger partial charge in [0, 0.05) is 11.3 Å². The summed E-state index contributed by atoms with van der Waals surface area (Å²) in [7, 11) is 0. The van der Waals surface area contributed by atoms with Crippen molar-refractivity contribution >= 4 is 23.4 Å². The van der Waals surface area contributed by atoms with Crippen LogP contribution in [0, 0.1) is 13.8 Å². The van der Waals surface area contributed by atoms with Crippen molar-refractivity contribution in [1.29, 1.82) is 0 Å². The molecule has 134 valence electrons. The molecule has 1 aliphatic rings. The Kier molecular flexibility index (Phi) is 4.78. The molecular formula is C19H17ClN2O3S. The first-order chi connectivity index (χ1) is 12.6. The smallest absolute Gasteiger partial charge is 0.277 e. The Morgan fingerprint density at radius 1 is 1.04 bits per heavy atom. The van der Waals surface area contributed by atoms with E-state index >= 15 is 0 Å².